The van der Waals surface area contributed by atoms with Crippen LogP contribution in [0.15, 0.2) is 48.8 Å². The Balaban J connectivity index is 1.60. The van der Waals surface area contributed by atoms with Crippen molar-refractivity contribution < 1.29 is 14.3 Å². The van der Waals surface area contributed by atoms with E-state index >= 15 is 0 Å². The molecule has 5 N–H and O–H groups in total. The van der Waals surface area contributed by atoms with Crippen LogP contribution >= 0.6 is 0 Å². The monoisotopic (exact) mass is 431 g/mol. The van der Waals surface area contributed by atoms with Gasteiger partial charge in [0, 0.05) is 13.1 Å². The Morgan fingerprint density at radius 1 is 1.19 bits per heavy atom. The normalized spacial score (nSPS) is 13.7. The van der Waals surface area contributed by atoms with Crippen molar-refractivity contribution in [3.63, 3.8) is 0 Å². The molecule has 0 spiro atoms. The Morgan fingerprint density at radius 2 is 2.00 bits per heavy atom. The third-order valence-electron chi connectivity index (χ3n) is 5.33. The smallest absolute Gasteiger partial charge is 0.284 e. The Labute approximate surface area is 182 Å². The van der Waals surface area contributed by atoms with Gasteiger partial charge in [-0.05, 0) is 42.8 Å². The van der Waals surface area contributed by atoms with Crippen LogP contribution in [0.25, 0.3) is 11.0 Å². The number of para-hydroxylation sites is 2. The largest absolute Gasteiger partial charge is 0.488 e. The van der Waals surface area contributed by atoms with Crippen LogP contribution in [-0.2, 0) is 0 Å². The summed E-state index contributed by atoms with van der Waals surface area (Å²) in [4.78, 5) is 41.2. The molecule has 162 valence electrons. The van der Waals surface area contributed by atoms with Gasteiger partial charge in [0.1, 0.15) is 17.5 Å². The highest BCUT2D eigenvalue weighted by atomic mass is 16.5. The second-order valence-electron chi connectivity index (χ2n) is 7.55. The number of nitrogens with one attached hydrogen (secondary N) is 3. The van der Waals surface area contributed by atoms with Gasteiger partial charge in [-0.15, -0.1) is 0 Å². The van der Waals surface area contributed by atoms with Gasteiger partial charge in [-0.25, -0.2) is 14.9 Å². The number of benzene rings is 2. The van der Waals surface area contributed by atoms with Crippen LogP contribution in [0.3, 0.4) is 0 Å². The average molecular weight is 431 g/mol. The van der Waals surface area contributed by atoms with Crippen molar-refractivity contribution in [1.29, 1.82) is 0 Å². The van der Waals surface area contributed by atoms with E-state index in [0.717, 1.165) is 24.2 Å². The van der Waals surface area contributed by atoms with Gasteiger partial charge in [-0.3, -0.25) is 9.59 Å². The summed E-state index contributed by atoms with van der Waals surface area (Å²) in [5, 5.41) is 3.17. The fourth-order valence-electron chi connectivity index (χ4n) is 3.61. The summed E-state index contributed by atoms with van der Waals surface area (Å²) in [7, 11) is 0. The maximum absolute atomic E-state index is 13.6. The van der Waals surface area contributed by atoms with E-state index in [4.69, 9.17) is 10.5 Å². The van der Waals surface area contributed by atoms with Crippen molar-refractivity contribution in [2.75, 3.05) is 18.0 Å². The second kappa shape index (κ2) is 7.82. The quantitative estimate of drug-likeness (QED) is 0.368. The van der Waals surface area contributed by atoms with E-state index in [9.17, 15) is 9.59 Å². The summed E-state index contributed by atoms with van der Waals surface area (Å²) in [6.07, 6.45) is 1.40. The highest BCUT2D eigenvalue weighted by Crippen LogP contribution is 2.32. The number of nitrogens with zero attached hydrogens (tertiary/aromatic N) is 3. The molecule has 0 bridgehead atoms. The first-order chi connectivity index (χ1) is 15.5. The van der Waals surface area contributed by atoms with Crippen LogP contribution in [0.1, 0.15) is 26.5 Å². The minimum atomic E-state index is -0.797. The number of rotatable bonds is 6. The van der Waals surface area contributed by atoms with Gasteiger partial charge in [0.25, 0.3) is 11.8 Å². The molecule has 1 aliphatic rings. The summed E-state index contributed by atoms with van der Waals surface area (Å²) in [6.45, 7) is 3.49. The number of hydrogen-bond acceptors (Lipinski definition) is 6. The minimum absolute atomic E-state index is 0.0155. The van der Waals surface area contributed by atoms with Crippen LogP contribution in [0.5, 0.6) is 5.75 Å². The summed E-state index contributed by atoms with van der Waals surface area (Å²) in [5.41, 5.74) is 8.12. The van der Waals surface area contributed by atoms with Crippen molar-refractivity contribution in [1.82, 2.24) is 25.3 Å². The summed E-state index contributed by atoms with van der Waals surface area (Å²) < 4.78 is 5.94. The number of imidazole rings is 2. The zero-order chi connectivity index (χ0) is 22.2. The van der Waals surface area contributed by atoms with Crippen molar-refractivity contribution in [2.45, 2.75) is 13.0 Å². The van der Waals surface area contributed by atoms with Crippen molar-refractivity contribution in [2.24, 2.45) is 5.73 Å². The van der Waals surface area contributed by atoms with Gasteiger partial charge in [0.05, 0.1) is 23.0 Å². The molecule has 32 heavy (non-hydrogen) atoms. The Bertz CT molecular complexity index is 1290. The van der Waals surface area contributed by atoms with Crippen LogP contribution in [0, 0.1) is 6.92 Å². The van der Waals surface area contributed by atoms with Crippen LogP contribution < -0.4 is 20.7 Å². The number of H-pyrrole nitrogens is 2. The number of fused-ring (bicyclic) bond motifs is 1. The first kappa shape index (κ1) is 19.8. The number of primary amides is 1. The molecule has 2 aromatic carbocycles. The number of aromatic amines is 2. The highest BCUT2D eigenvalue weighted by molar-refractivity contribution is 6.14. The number of hydrogen-bond donors (Lipinski definition) is 4. The molecule has 1 fully saturated rings. The van der Waals surface area contributed by atoms with Crippen LogP contribution in [-0.4, -0.2) is 50.9 Å². The molecule has 10 nitrogen and oxygen atoms in total. The molecule has 2 aromatic heterocycles. The molecule has 1 saturated heterocycles. The molecular weight excluding hydrogens is 410 g/mol. The van der Waals surface area contributed by atoms with Gasteiger partial charge in [-0.2, -0.15) is 0 Å². The number of aromatic nitrogens is 4. The number of nitrogens with two attached hydrogens (primary N) is 1. The third kappa shape index (κ3) is 3.46. The van der Waals surface area contributed by atoms with E-state index in [0.29, 0.717) is 22.9 Å². The molecule has 4 aromatic rings. The second-order valence-corrected chi connectivity index (χ2v) is 7.55. The van der Waals surface area contributed by atoms with E-state index in [1.807, 2.05) is 43.3 Å². The first-order valence-electron chi connectivity index (χ1n) is 10.1. The zero-order valence-corrected chi connectivity index (χ0v) is 17.3. The summed E-state index contributed by atoms with van der Waals surface area (Å²) in [5.74, 6) is -0.292. The van der Waals surface area contributed by atoms with E-state index in [2.05, 4.69) is 25.3 Å². The summed E-state index contributed by atoms with van der Waals surface area (Å²) >= 11 is 0. The maximum atomic E-state index is 13.6. The molecule has 0 aliphatic carbocycles. The van der Waals surface area contributed by atoms with Gasteiger partial charge in [0.2, 0.25) is 5.95 Å². The topological polar surface area (TPSA) is 142 Å². The van der Waals surface area contributed by atoms with E-state index < -0.39 is 11.8 Å². The zero-order valence-electron chi connectivity index (χ0n) is 17.3. The lowest BCUT2D eigenvalue weighted by atomic mass is 10.1. The Kier molecular flexibility index (Phi) is 4.83. The molecule has 3 heterocycles. The third-order valence-corrected chi connectivity index (χ3v) is 5.33. The molecule has 0 atom stereocenters. The van der Waals surface area contributed by atoms with Gasteiger partial charge < -0.3 is 25.8 Å². The number of amides is 2. The molecule has 0 saturated carbocycles. The number of aryl methyl sites for hydroxylation is 1. The van der Waals surface area contributed by atoms with Crippen molar-refractivity contribution in [3.05, 3.63) is 65.7 Å². The molecular formula is C22H21N7O3. The van der Waals surface area contributed by atoms with Crippen LogP contribution in [0.2, 0.25) is 0 Å². The van der Waals surface area contributed by atoms with Gasteiger partial charge in [-0.1, -0.05) is 12.1 Å². The van der Waals surface area contributed by atoms with Crippen LogP contribution in [0.4, 0.5) is 11.6 Å². The fourth-order valence-corrected chi connectivity index (χ4v) is 3.61. The standard InChI is InChI=1S/C22H21N7O3/c1-12-8-13(32-14-9-24-10-14)6-7-17(12)29(21(31)19-18(20(23)30)25-11-26-19)22-27-15-4-2-3-5-16(15)28-22/h2-8,11,14,24H,9-10H2,1H3,(H2,23,30)(H,25,26)(H,27,28). The predicted octanol–water partition coefficient (Wildman–Crippen LogP) is 2.02. The lowest BCUT2D eigenvalue weighted by Crippen LogP contribution is -2.50. The summed E-state index contributed by atoms with van der Waals surface area (Å²) in [6, 6.07) is 12.9. The predicted molar refractivity (Wildman–Crippen MR) is 118 cm³/mol. The van der Waals surface area contributed by atoms with E-state index in [1.54, 1.807) is 6.07 Å². The number of carbonyl (C=O) groups is 2. The minimum Gasteiger partial charge on any atom is -0.488 e. The number of ether oxygens (including phenoxy) is 1. The number of anilines is 2. The lowest BCUT2D eigenvalue weighted by Gasteiger charge is -2.28. The van der Waals surface area contributed by atoms with Gasteiger partial charge >= 0.3 is 0 Å². The molecule has 2 amide bonds. The number of carbonyl (C=O) groups excluding carboxylic acids is 2. The average Bonchev–Trinajstić information content (AvgIpc) is 3.39. The van der Waals surface area contributed by atoms with E-state index in [-0.39, 0.29) is 17.5 Å². The fraction of sp³-hybridized carbons (Fsp3) is 0.182. The Morgan fingerprint density at radius 3 is 2.69 bits per heavy atom. The van der Waals surface area contributed by atoms with Crippen molar-refractivity contribution in [3.8, 4) is 5.75 Å². The molecule has 10 heteroatoms. The molecule has 0 radical (unpaired) electrons. The highest BCUT2D eigenvalue weighted by Gasteiger charge is 2.29. The molecule has 0 unspecified atom stereocenters. The first-order valence-corrected chi connectivity index (χ1v) is 10.1. The van der Waals surface area contributed by atoms with Gasteiger partial charge in [0.15, 0.2) is 5.69 Å². The van der Waals surface area contributed by atoms with E-state index in [1.165, 1.54) is 11.2 Å². The van der Waals surface area contributed by atoms with Crippen molar-refractivity contribution >= 4 is 34.5 Å². The molecule has 1 aliphatic heterocycles. The maximum Gasteiger partial charge on any atom is 0.284 e. The lowest BCUT2D eigenvalue weighted by molar-refractivity contribution is 0.0961. The molecule has 5 rings (SSSR count). The Hall–Kier alpha value is -4.18. The SMILES string of the molecule is Cc1cc(OC2CNC2)ccc1N(C(=O)c1[nH]cnc1C(N)=O)c1nc2ccccc2[nH]1.